The van der Waals surface area contributed by atoms with Gasteiger partial charge in [0.2, 0.25) is 0 Å². The van der Waals surface area contributed by atoms with Crippen LogP contribution in [0.2, 0.25) is 0 Å². The lowest BCUT2D eigenvalue weighted by Crippen LogP contribution is -2.05. The van der Waals surface area contributed by atoms with Crippen LogP contribution in [0.25, 0.3) is 0 Å². The number of hydrogen-bond acceptors (Lipinski definition) is 3. The summed E-state index contributed by atoms with van der Waals surface area (Å²) in [6.45, 7) is 8.79. The van der Waals surface area contributed by atoms with Gasteiger partial charge in [-0.25, -0.2) is 0 Å². The lowest BCUT2D eigenvalue weighted by atomic mass is 10.0. The number of unbranched alkanes of at least 4 members (excludes halogenated alkanes) is 2. The van der Waals surface area contributed by atoms with Crippen LogP contribution in [0.5, 0.6) is 0 Å². The van der Waals surface area contributed by atoms with E-state index in [1.807, 2.05) is 37.3 Å². The van der Waals surface area contributed by atoms with E-state index in [4.69, 9.17) is 9.47 Å². The number of methoxy groups -OCH3 is 1. The van der Waals surface area contributed by atoms with Gasteiger partial charge in [-0.05, 0) is 37.8 Å². The monoisotopic (exact) mass is 322 g/mol. The van der Waals surface area contributed by atoms with Gasteiger partial charge in [0, 0.05) is 0 Å². The molecule has 0 aromatic rings. The molecule has 0 aliphatic carbocycles. The minimum Gasteiger partial charge on any atom is -0.501 e. The fourth-order valence-corrected chi connectivity index (χ4v) is 2.08. The maximum absolute atomic E-state index is 9.67. The molecule has 2 unspecified atom stereocenters. The van der Waals surface area contributed by atoms with Gasteiger partial charge in [0.15, 0.2) is 5.76 Å². The van der Waals surface area contributed by atoms with Crippen LogP contribution in [0.15, 0.2) is 48.0 Å². The summed E-state index contributed by atoms with van der Waals surface area (Å²) in [4.78, 5) is 0. The van der Waals surface area contributed by atoms with Crippen LogP contribution in [-0.4, -0.2) is 24.9 Å². The van der Waals surface area contributed by atoms with Gasteiger partial charge < -0.3 is 14.6 Å². The normalized spacial score (nSPS) is 16.1. The average Bonchev–Trinajstić information content (AvgIpc) is 2.51. The van der Waals surface area contributed by atoms with Gasteiger partial charge in [0.1, 0.15) is 6.26 Å². The molecule has 0 fully saturated rings. The highest BCUT2D eigenvalue weighted by Crippen LogP contribution is 2.12. The van der Waals surface area contributed by atoms with E-state index >= 15 is 0 Å². The minimum absolute atomic E-state index is 0.495. The van der Waals surface area contributed by atoms with Gasteiger partial charge in [-0.15, -0.1) is 0 Å². The molecule has 3 nitrogen and oxygen atoms in total. The first-order valence-electron chi connectivity index (χ1n) is 8.59. The molecule has 2 atom stereocenters. The summed E-state index contributed by atoms with van der Waals surface area (Å²) in [5, 5.41) is 9.67. The lowest BCUT2D eigenvalue weighted by molar-refractivity contribution is 0.163. The van der Waals surface area contributed by atoms with Crippen LogP contribution in [0, 0.1) is 5.92 Å². The molecule has 0 saturated carbocycles. The van der Waals surface area contributed by atoms with Crippen molar-refractivity contribution < 1.29 is 14.6 Å². The fourth-order valence-electron chi connectivity index (χ4n) is 2.08. The maximum atomic E-state index is 9.67. The number of rotatable bonds is 12. The molecule has 0 aliphatic rings. The molecule has 0 heterocycles. The lowest BCUT2D eigenvalue weighted by Gasteiger charge is -2.13. The van der Waals surface area contributed by atoms with Crippen molar-refractivity contribution in [2.75, 3.05) is 13.7 Å². The molecule has 0 rings (SSSR count). The third-order valence-electron chi connectivity index (χ3n) is 3.46. The molecule has 0 amide bonds. The number of hydrogen-bond donors (Lipinski definition) is 1. The standard InChI is InChI=1S/C20H34O3/c1-6-8-9-12-17(3)15-23-20(16-22-5)14-10-13-19(11-7-2)18(4)21/h7,10-11,13-14,16-18,21H,6,8-9,12,15H2,1-5H3/b11-7-,14-10+,19-13+,20-16+. The van der Waals surface area contributed by atoms with Gasteiger partial charge in [-0.2, -0.15) is 0 Å². The van der Waals surface area contributed by atoms with Crippen LogP contribution in [0.1, 0.15) is 53.4 Å². The predicted molar refractivity (Wildman–Crippen MR) is 98.1 cm³/mol. The Labute approximate surface area is 142 Å². The van der Waals surface area contributed by atoms with E-state index in [0.717, 1.165) is 5.57 Å². The van der Waals surface area contributed by atoms with Crippen molar-refractivity contribution in [1.82, 2.24) is 0 Å². The summed E-state index contributed by atoms with van der Waals surface area (Å²) in [5.74, 6) is 1.22. The third kappa shape index (κ3) is 11.7. The maximum Gasteiger partial charge on any atom is 0.153 e. The first-order valence-corrected chi connectivity index (χ1v) is 8.59. The Hall–Kier alpha value is -1.48. The van der Waals surface area contributed by atoms with Crippen molar-refractivity contribution in [2.24, 2.45) is 5.92 Å². The molecule has 3 heteroatoms. The minimum atomic E-state index is -0.495. The van der Waals surface area contributed by atoms with E-state index in [0.29, 0.717) is 18.3 Å². The van der Waals surface area contributed by atoms with Crippen LogP contribution >= 0.6 is 0 Å². The van der Waals surface area contributed by atoms with E-state index < -0.39 is 6.10 Å². The second-order valence-corrected chi connectivity index (χ2v) is 5.87. The smallest absolute Gasteiger partial charge is 0.153 e. The predicted octanol–water partition coefficient (Wildman–Crippen LogP) is 5.15. The number of aliphatic hydroxyl groups is 1. The largest absolute Gasteiger partial charge is 0.501 e. The zero-order valence-corrected chi connectivity index (χ0v) is 15.4. The molecule has 0 aliphatic heterocycles. The van der Waals surface area contributed by atoms with E-state index in [9.17, 15) is 5.11 Å². The quantitative estimate of drug-likeness (QED) is 0.307. The Morgan fingerprint density at radius 3 is 2.48 bits per heavy atom. The Kier molecular flexibility index (Phi) is 13.2. The Balaban J connectivity index is 4.54. The number of aliphatic hydroxyl groups excluding tert-OH is 1. The highest BCUT2D eigenvalue weighted by atomic mass is 16.5. The molecule has 0 aromatic carbocycles. The molecular weight excluding hydrogens is 288 g/mol. The molecule has 1 N–H and O–H groups in total. The topological polar surface area (TPSA) is 38.7 Å². The van der Waals surface area contributed by atoms with E-state index in [1.165, 1.54) is 25.7 Å². The molecule has 0 spiro atoms. The van der Waals surface area contributed by atoms with Crippen LogP contribution in [0.4, 0.5) is 0 Å². The first kappa shape index (κ1) is 21.5. The van der Waals surface area contributed by atoms with E-state index in [2.05, 4.69) is 13.8 Å². The molecule has 23 heavy (non-hydrogen) atoms. The van der Waals surface area contributed by atoms with Gasteiger partial charge in [0.05, 0.1) is 19.8 Å². The Morgan fingerprint density at radius 1 is 1.17 bits per heavy atom. The fraction of sp³-hybridized carbons (Fsp3) is 0.600. The van der Waals surface area contributed by atoms with Crippen molar-refractivity contribution in [3.05, 3.63) is 48.0 Å². The summed E-state index contributed by atoms with van der Waals surface area (Å²) < 4.78 is 10.9. The molecule has 132 valence electrons. The SMILES string of the molecule is C\C=C/C(=C\C=C\C(=C/OC)OCC(C)CCCCC)C(C)O. The van der Waals surface area contributed by atoms with Gasteiger partial charge >= 0.3 is 0 Å². The Bertz CT molecular complexity index is 403. The third-order valence-corrected chi connectivity index (χ3v) is 3.46. The van der Waals surface area contributed by atoms with Crippen LogP contribution < -0.4 is 0 Å². The zero-order chi connectivity index (χ0) is 17.5. The zero-order valence-electron chi connectivity index (χ0n) is 15.4. The molecule has 0 aromatic heterocycles. The van der Waals surface area contributed by atoms with Crippen molar-refractivity contribution in [3.8, 4) is 0 Å². The van der Waals surface area contributed by atoms with Gasteiger partial charge in [-0.1, -0.05) is 57.4 Å². The summed E-state index contributed by atoms with van der Waals surface area (Å²) in [6, 6.07) is 0. The van der Waals surface area contributed by atoms with Gasteiger partial charge in [-0.3, -0.25) is 0 Å². The summed E-state index contributed by atoms with van der Waals surface area (Å²) in [6.07, 6.45) is 15.5. The van der Waals surface area contributed by atoms with E-state index in [1.54, 1.807) is 20.3 Å². The van der Waals surface area contributed by atoms with Crippen molar-refractivity contribution >= 4 is 0 Å². The summed E-state index contributed by atoms with van der Waals surface area (Å²) in [5.41, 5.74) is 0.855. The molecule has 0 saturated heterocycles. The van der Waals surface area contributed by atoms with Crippen molar-refractivity contribution in [2.45, 2.75) is 59.5 Å². The summed E-state index contributed by atoms with van der Waals surface area (Å²) in [7, 11) is 1.61. The number of ether oxygens (including phenoxy) is 2. The molecular formula is C20H34O3. The highest BCUT2D eigenvalue weighted by molar-refractivity contribution is 5.28. The second-order valence-electron chi connectivity index (χ2n) is 5.87. The van der Waals surface area contributed by atoms with E-state index in [-0.39, 0.29) is 0 Å². The molecule has 0 bridgehead atoms. The first-order chi connectivity index (χ1) is 11.0. The van der Waals surface area contributed by atoms with Crippen molar-refractivity contribution in [1.29, 1.82) is 0 Å². The average molecular weight is 322 g/mol. The summed E-state index contributed by atoms with van der Waals surface area (Å²) >= 11 is 0. The second kappa shape index (κ2) is 14.1. The molecule has 0 radical (unpaired) electrons. The Morgan fingerprint density at radius 2 is 1.91 bits per heavy atom. The highest BCUT2D eigenvalue weighted by Gasteiger charge is 2.04. The van der Waals surface area contributed by atoms with Crippen LogP contribution in [-0.2, 0) is 9.47 Å². The number of allylic oxidation sites excluding steroid dienone is 4. The van der Waals surface area contributed by atoms with Gasteiger partial charge in [0.25, 0.3) is 0 Å². The van der Waals surface area contributed by atoms with Crippen LogP contribution in [0.3, 0.4) is 0 Å². The van der Waals surface area contributed by atoms with Crippen molar-refractivity contribution in [3.63, 3.8) is 0 Å².